The number of benzene rings is 1. The third-order valence-corrected chi connectivity index (χ3v) is 3.56. The largest absolute Gasteiger partial charge is 0.392 e. The predicted molar refractivity (Wildman–Crippen MR) is 85.9 cm³/mol. The Kier molecular flexibility index (Phi) is 4.26. The molecule has 1 atom stereocenters. The van der Waals surface area contributed by atoms with E-state index in [1.807, 2.05) is 0 Å². The number of aliphatic hydroxyl groups is 1. The SMILES string of the molecule is Cc1noc2nc(-c3ccc(F)cc3)cc(C(=O)NC[C@@H](C)O)c12. The van der Waals surface area contributed by atoms with E-state index in [0.29, 0.717) is 27.9 Å². The summed E-state index contributed by atoms with van der Waals surface area (Å²) in [6.45, 7) is 3.42. The number of fused-ring (bicyclic) bond motifs is 1. The quantitative estimate of drug-likeness (QED) is 0.767. The van der Waals surface area contributed by atoms with Crippen molar-refractivity contribution in [1.82, 2.24) is 15.5 Å². The summed E-state index contributed by atoms with van der Waals surface area (Å²) in [4.78, 5) is 16.8. The van der Waals surface area contributed by atoms with Gasteiger partial charge in [-0.15, -0.1) is 0 Å². The smallest absolute Gasteiger partial charge is 0.259 e. The highest BCUT2D eigenvalue weighted by Crippen LogP contribution is 2.27. The van der Waals surface area contributed by atoms with Crippen LogP contribution in [0.4, 0.5) is 4.39 Å². The molecule has 0 aliphatic carbocycles. The van der Waals surface area contributed by atoms with E-state index in [0.717, 1.165) is 0 Å². The lowest BCUT2D eigenvalue weighted by atomic mass is 10.0. The molecule has 0 unspecified atom stereocenters. The summed E-state index contributed by atoms with van der Waals surface area (Å²) in [7, 11) is 0. The molecule has 0 saturated heterocycles. The first-order valence-corrected chi connectivity index (χ1v) is 7.45. The number of amides is 1. The summed E-state index contributed by atoms with van der Waals surface area (Å²) in [5.41, 5.74) is 2.25. The molecule has 3 rings (SSSR count). The van der Waals surface area contributed by atoms with E-state index >= 15 is 0 Å². The molecule has 1 aromatic carbocycles. The van der Waals surface area contributed by atoms with E-state index in [-0.39, 0.29) is 24.0 Å². The zero-order valence-corrected chi connectivity index (χ0v) is 13.2. The van der Waals surface area contributed by atoms with Gasteiger partial charge in [0.05, 0.1) is 28.4 Å². The number of hydrogen-bond donors (Lipinski definition) is 2. The van der Waals surface area contributed by atoms with Gasteiger partial charge in [0.15, 0.2) is 0 Å². The van der Waals surface area contributed by atoms with Gasteiger partial charge in [-0.05, 0) is 44.2 Å². The number of halogens is 1. The summed E-state index contributed by atoms with van der Waals surface area (Å²) in [5.74, 6) is -0.719. The van der Waals surface area contributed by atoms with Crippen molar-refractivity contribution in [3.63, 3.8) is 0 Å². The fraction of sp³-hybridized carbons (Fsp3) is 0.235. The number of hydrogen-bond acceptors (Lipinski definition) is 5. The Balaban J connectivity index is 2.10. The average molecular weight is 329 g/mol. The van der Waals surface area contributed by atoms with Crippen LogP contribution in [0.2, 0.25) is 0 Å². The van der Waals surface area contributed by atoms with Crippen LogP contribution in [0.15, 0.2) is 34.9 Å². The summed E-state index contributed by atoms with van der Waals surface area (Å²) in [6, 6.07) is 7.39. The monoisotopic (exact) mass is 329 g/mol. The number of nitrogens with zero attached hydrogens (tertiary/aromatic N) is 2. The minimum Gasteiger partial charge on any atom is -0.392 e. The van der Waals surface area contributed by atoms with E-state index in [9.17, 15) is 14.3 Å². The average Bonchev–Trinajstić information content (AvgIpc) is 2.94. The van der Waals surface area contributed by atoms with Crippen LogP contribution < -0.4 is 5.32 Å². The summed E-state index contributed by atoms with van der Waals surface area (Å²) < 4.78 is 18.3. The van der Waals surface area contributed by atoms with Crippen LogP contribution in [-0.2, 0) is 0 Å². The van der Waals surface area contributed by atoms with E-state index in [1.54, 1.807) is 32.0 Å². The van der Waals surface area contributed by atoms with Gasteiger partial charge in [-0.1, -0.05) is 5.16 Å². The predicted octanol–water partition coefficient (Wildman–Crippen LogP) is 2.45. The van der Waals surface area contributed by atoms with Crippen molar-refractivity contribution in [3.8, 4) is 11.3 Å². The third-order valence-electron chi connectivity index (χ3n) is 3.56. The molecule has 7 heteroatoms. The standard InChI is InChI=1S/C17H16FN3O3/c1-9(22)8-19-16(23)13-7-14(11-3-5-12(18)6-4-11)20-17-15(13)10(2)21-24-17/h3-7,9,22H,8H2,1-2H3,(H,19,23)/t9-/m1/s1. The summed E-state index contributed by atoms with van der Waals surface area (Å²) in [6.07, 6.45) is -0.661. The highest BCUT2D eigenvalue weighted by Gasteiger charge is 2.19. The van der Waals surface area contributed by atoms with Gasteiger partial charge in [0.2, 0.25) is 0 Å². The number of nitrogens with one attached hydrogen (secondary N) is 1. The van der Waals surface area contributed by atoms with Crippen molar-refractivity contribution in [2.45, 2.75) is 20.0 Å². The van der Waals surface area contributed by atoms with Gasteiger partial charge in [-0.2, -0.15) is 0 Å². The number of pyridine rings is 1. The minimum atomic E-state index is -0.661. The second-order valence-corrected chi connectivity index (χ2v) is 5.57. The normalized spacial score (nSPS) is 12.3. The number of rotatable bonds is 4. The van der Waals surface area contributed by atoms with Crippen LogP contribution in [0.1, 0.15) is 23.0 Å². The molecular formula is C17H16FN3O3. The molecule has 0 aliphatic heterocycles. The van der Waals surface area contributed by atoms with Crippen molar-refractivity contribution in [1.29, 1.82) is 0 Å². The maximum absolute atomic E-state index is 13.1. The molecule has 124 valence electrons. The molecule has 0 aliphatic rings. The minimum absolute atomic E-state index is 0.124. The Hall–Kier alpha value is -2.80. The van der Waals surface area contributed by atoms with Gasteiger partial charge in [-0.3, -0.25) is 4.79 Å². The Morgan fingerprint density at radius 3 is 2.75 bits per heavy atom. The van der Waals surface area contributed by atoms with Gasteiger partial charge in [0, 0.05) is 12.1 Å². The van der Waals surface area contributed by atoms with E-state index in [2.05, 4.69) is 15.5 Å². The molecule has 2 heterocycles. The number of carbonyl (C=O) groups is 1. The lowest BCUT2D eigenvalue weighted by molar-refractivity contribution is 0.0925. The van der Waals surface area contributed by atoms with Crippen LogP contribution in [0.25, 0.3) is 22.4 Å². The molecule has 24 heavy (non-hydrogen) atoms. The van der Waals surface area contributed by atoms with E-state index < -0.39 is 6.10 Å². The first-order valence-electron chi connectivity index (χ1n) is 7.45. The molecule has 0 fully saturated rings. The fourth-order valence-electron chi connectivity index (χ4n) is 2.38. The zero-order valence-electron chi connectivity index (χ0n) is 13.2. The molecule has 1 amide bonds. The topological polar surface area (TPSA) is 88.2 Å². The van der Waals surface area contributed by atoms with E-state index in [4.69, 9.17) is 4.52 Å². The van der Waals surface area contributed by atoms with Crippen molar-refractivity contribution in [3.05, 3.63) is 47.4 Å². The maximum Gasteiger partial charge on any atom is 0.259 e. The van der Waals surface area contributed by atoms with Crippen LogP contribution in [0, 0.1) is 12.7 Å². The third kappa shape index (κ3) is 3.11. The number of aryl methyl sites for hydroxylation is 1. The van der Waals surface area contributed by atoms with Crippen molar-refractivity contribution in [2.24, 2.45) is 0 Å². The Morgan fingerprint density at radius 1 is 1.38 bits per heavy atom. The highest BCUT2D eigenvalue weighted by molar-refractivity contribution is 6.07. The van der Waals surface area contributed by atoms with Crippen LogP contribution in [0.5, 0.6) is 0 Å². The number of carbonyl (C=O) groups excluding carboxylic acids is 1. The van der Waals surface area contributed by atoms with Crippen molar-refractivity contribution >= 4 is 17.0 Å². The lowest BCUT2D eigenvalue weighted by Crippen LogP contribution is -2.30. The highest BCUT2D eigenvalue weighted by atomic mass is 19.1. The van der Waals surface area contributed by atoms with Gasteiger partial charge in [0.25, 0.3) is 11.6 Å². The molecular weight excluding hydrogens is 313 g/mol. The number of aliphatic hydroxyl groups excluding tert-OH is 1. The second kappa shape index (κ2) is 6.37. The van der Waals surface area contributed by atoms with Crippen LogP contribution in [-0.4, -0.2) is 33.8 Å². The van der Waals surface area contributed by atoms with E-state index in [1.165, 1.54) is 12.1 Å². The molecule has 0 saturated carbocycles. The summed E-state index contributed by atoms with van der Waals surface area (Å²) >= 11 is 0. The first kappa shape index (κ1) is 16.1. The van der Waals surface area contributed by atoms with Gasteiger partial charge < -0.3 is 14.9 Å². The fourth-order valence-corrected chi connectivity index (χ4v) is 2.38. The second-order valence-electron chi connectivity index (χ2n) is 5.57. The Morgan fingerprint density at radius 2 is 2.08 bits per heavy atom. The maximum atomic E-state index is 13.1. The molecule has 0 radical (unpaired) electrons. The molecule has 0 bridgehead atoms. The molecule has 6 nitrogen and oxygen atoms in total. The van der Waals surface area contributed by atoms with Crippen LogP contribution in [0.3, 0.4) is 0 Å². The zero-order chi connectivity index (χ0) is 17.3. The lowest BCUT2D eigenvalue weighted by Gasteiger charge is -2.09. The molecule has 3 aromatic rings. The van der Waals surface area contributed by atoms with Crippen molar-refractivity contribution in [2.75, 3.05) is 6.54 Å². The summed E-state index contributed by atoms with van der Waals surface area (Å²) in [5, 5.41) is 16.4. The Labute approximate surface area is 137 Å². The molecule has 2 aromatic heterocycles. The first-order chi connectivity index (χ1) is 11.5. The van der Waals surface area contributed by atoms with Gasteiger partial charge >= 0.3 is 0 Å². The van der Waals surface area contributed by atoms with Gasteiger partial charge in [-0.25, -0.2) is 9.37 Å². The molecule has 2 N–H and O–H groups in total. The van der Waals surface area contributed by atoms with Gasteiger partial charge in [0.1, 0.15) is 5.82 Å². The molecule has 0 spiro atoms. The van der Waals surface area contributed by atoms with Crippen molar-refractivity contribution < 1.29 is 18.8 Å². The number of aromatic nitrogens is 2. The Bertz CT molecular complexity index is 888. The van der Waals surface area contributed by atoms with Crippen LogP contribution >= 0.6 is 0 Å².